The molecule has 0 aromatic heterocycles. The lowest BCUT2D eigenvalue weighted by atomic mass is 10.1. The van der Waals surface area contributed by atoms with Crippen molar-refractivity contribution in [2.24, 2.45) is 0 Å². The summed E-state index contributed by atoms with van der Waals surface area (Å²) >= 11 is -2.26. The van der Waals surface area contributed by atoms with Gasteiger partial charge in [-0.05, 0) is 6.42 Å². The summed E-state index contributed by atoms with van der Waals surface area (Å²) in [4.78, 5) is 10.8. The molecule has 0 amide bonds. The number of rotatable bonds is 10. The van der Waals surface area contributed by atoms with Gasteiger partial charge in [-0.3, -0.25) is 4.79 Å². The standard InChI is InChI=1S/C12H24O3S/c1-2-3-4-5-6-7-8-9-10-11-12(13)16(14)15/h2-11H2,1H3,(H,14,15). The van der Waals surface area contributed by atoms with Crippen LogP contribution in [0.15, 0.2) is 0 Å². The molecule has 0 aliphatic carbocycles. The lowest BCUT2D eigenvalue weighted by molar-refractivity contribution is -0.111. The molecule has 0 rings (SSSR count). The van der Waals surface area contributed by atoms with E-state index in [1.54, 1.807) is 0 Å². The minimum Gasteiger partial charge on any atom is -0.300 e. The molecule has 16 heavy (non-hydrogen) atoms. The summed E-state index contributed by atoms with van der Waals surface area (Å²) in [7, 11) is 0. The minimum absolute atomic E-state index is 0.249. The van der Waals surface area contributed by atoms with Gasteiger partial charge in [0.1, 0.15) is 0 Å². The molecule has 0 saturated heterocycles. The van der Waals surface area contributed by atoms with E-state index in [0.29, 0.717) is 0 Å². The lowest BCUT2D eigenvalue weighted by Gasteiger charge is -2.00. The second-order valence-electron chi connectivity index (χ2n) is 4.20. The number of carbonyl (C=O) groups is 1. The predicted molar refractivity (Wildman–Crippen MR) is 67.6 cm³/mol. The van der Waals surface area contributed by atoms with E-state index in [2.05, 4.69) is 6.92 Å². The van der Waals surface area contributed by atoms with Gasteiger partial charge >= 0.3 is 0 Å². The topological polar surface area (TPSA) is 54.4 Å². The summed E-state index contributed by atoms with van der Waals surface area (Å²) in [6.07, 6.45) is 10.9. The summed E-state index contributed by atoms with van der Waals surface area (Å²) < 4.78 is 18.8. The molecular formula is C12H24O3S. The van der Waals surface area contributed by atoms with Crippen LogP contribution in [0, 0.1) is 0 Å². The molecule has 0 heterocycles. The monoisotopic (exact) mass is 248 g/mol. The third-order valence-corrected chi connectivity index (χ3v) is 3.27. The fourth-order valence-corrected chi connectivity index (χ4v) is 1.99. The maximum absolute atomic E-state index is 10.8. The molecule has 0 spiro atoms. The van der Waals surface area contributed by atoms with Crippen LogP contribution in [0.25, 0.3) is 0 Å². The quantitative estimate of drug-likeness (QED) is 0.474. The fraction of sp³-hybridized carbons (Fsp3) is 0.917. The average Bonchev–Trinajstić information content (AvgIpc) is 2.26. The first-order valence-electron chi connectivity index (χ1n) is 6.32. The minimum atomic E-state index is -2.26. The number of hydrogen-bond donors (Lipinski definition) is 1. The lowest BCUT2D eigenvalue weighted by Crippen LogP contribution is -2.04. The van der Waals surface area contributed by atoms with Crippen LogP contribution in [0.1, 0.15) is 71.1 Å². The van der Waals surface area contributed by atoms with Gasteiger partial charge in [-0.25, -0.2) is 4.21 Å². The third-order valence-electron chi connectivity index (χ3n) is 2.68. The Hall–Kier alpha value is -0.220. The van der Waals surface area contributed by atoms with Gasteiger partial charge in [-0.2, -0.15) is 0 Å². The van der Waals surface area contributed by atoms with Gasteiger partial charge in [0, 0.05) is 6.42 Å². The van der Waals surface area contributed by atoms with Gasteiger partial charge in [0.2, 0.25) is 16.2 Å². The molecule has 4 heteroatoms. The smallest absolute Gasteiger partial charge is 0.246 e. The molecule has 3 nitrogen and oxygen atoms in total. The molecule has 1 atom stereocenters. The van der Waals surface area contributed by atoms with Gasteiger partial charge in [-0.15, -0.1) is 0 Å². The van der Waals surface area contributed by atoms with Crippen LogP contribution >= 0.6 is 0 Å². The van der Waals surface area contributed by atoms with Crippen molar-refractivity contribution in [2.45, 2.75) is 71.1 Å². The fourth-order valence-electron chi connectivity index (χ4n) is 1.67. The van der Waals surface area contributed by atoms with Crippen molar-refractivity contribution >= 4 is 16.2 Å². The van der Waals surface area contributed by atoms with Crippen molar-refractivity contribution in [3.05, 3.63) is 0 Å². The van der Waals surface area contributed by atoms with Crippen molar-refractivity contribution in [2.75, 3.05) is 0 Å². The summed E-state index contributed by atoms with van der Waals surface area (Å²) in [5.41, 5.74) is 0. The SMILES string of the molecule is CCCCCCCCCCCC(=O)S(=O)O. The average molecular weight is 248 g/mol. The molecule has 0 aromatic rings. The van der Waals surface area contributed by atoms with Gasteiger partial charge in [0.15, 0.2) is 0 Å². The first-order valence-corrected chi connectivity index (χ1v) is 7.42. The van der Waals surface area contributed by atoms with Crippen LogP contribution in [0.5, 0.6) is 0 Å². The van der Waals surface area contributed by atoms with Crippen molar-refractivity contribution in [3.8, 4) is 0 Å². The first kappa shape index (κ1) is 15.8. The van der Waals surface area contributed by atoms with E-state index in [0.717, 1.165) is 19.3 Å². The second-order valence-corrected chi connectivity index (χ2v) is 5.15. The number of unbranched alkanes of at least 4 members (excludes halogenated alkanes) is 8. The molecule has 0 radical (unpaired) electrons. The van der Waals surface area contributed by atoms with Gasteiger partial charge in [0.25, 0.3) is 0 Å². The molecule has 0 aromatic carbocycles. The highest BCUT2D eigenvalue weighted by Crippen LogP contribution is 2.10. The van der Waals surface area contributed by atoms with Crippen LogP contribution in [-0.4, -0.2) is 13.9 Å². The van der Waals surface area contributed by atoms with E-state index in [4.69, 9.17) is 4.55 Å². The molecule has 1 N–H and O–H groups in total. The summed E-state index contributed by atoms with van der Waals surface area (Å²) in [5.74, 6) is 0. The van der Waals surface area contributed by atoms with Crippen LogP contribution in [-0.2, 0) is 15.9 Å². The Morgan fingerprint density at radius 3 is 1.81 bits per heavy atom. The predicted octanol–water partition coefficient (Wildman–Crippen LogP) is 3.66. The zero-order valence-corrected chi connectivity index (χ0v) is 11.1. The second kappa shape index (κ2) is 11.3. The Balaban J connectivity index is 3.10. The molecule has 96 valence electrons. The van der Waals surface area contributed by atoms with E-state index >= 15 is 0 Å². The van der Waals surface area contributed by atoms with E-state index in [-0.39, 0.29) is 6.42 Å². The van der Waals surface area contributed by atoms with Crippen molar-refractivity contribution in [3.63, 3.8) is 0 Å². The van der Waals surface area contributed by atoms with Crippen molar-refractivity contribution in [1.29, 1.82) is 0 Å². The van der Waals surface area contributed by atoms with E-state index < -0.39 is 16.2 Å². The number of carbonyl (C=O) groups excluding carboxylic acids is 1. The highest BCUT2D eigenvalue weighted by atomic mass is 32.2. The number of hydrogen-bond acceptors (Lipinski definition) is 2. The van der Waals surface area contributed by atoms with Crippen LogP contribution in [0.3, 0.4) is 0 Å². The summed E-state index contributed by atoms with van der Waals surface area (Å²) in [5, 5.41) is -0.539. The molecule has 0 saturated carbocycles. The van der Waals surface area contributed by atoms with Crippen molar-refractivity contribution < 1.29 is 13.6 Å². The van der Waals surface area contributed by atoms with E-state index in [1.165, 1.54) is 38.5 Å². The Labute approximate surface area is 101 Å². The van der Waals surface area contributed by atoms with Crippen LogP contribution in [0.4, 0.5) is 0 Å². The molecule has 0 fully saturated rings. The molecule has 1 unspecified atom stereocenters. The maximum atomic E-state index is 10.8. The Bertz CT molecular complexity index is 204. The maximum Gasteiger partial charge on any atom is 0.246 e. The van der Waals surface area contributed by atoms with Crippen LogP contribution < -0.4 is 0 Å². The molecule has 0 bridgehead atoms. The summed E-state index contributed by atoms with van der Waals surface area (Å²) in [6, 6.07) is 0. The zero-order valence-electron chi connectivity index (χ0n) is 10.2. The van der Waals surface area contributed by atoms with Gasteiger partial charge < -0.3 is 4.55 Å². The van der Waals surface area contributed by atoms with Crippen molar-refractivity contribution in [1.82, 2.24) is 0 Å². The Morgan fingerprint density at radius 2 is 1.38 bits per heavy atom. The van der Waals surface area contributed by atoms with E-state index in [1.807, 2.05) is 0 Å². The summed E-state index contributed by atoms with van der Waals surface area (Å²) in [6.45, 7) is 2.21. The Kier molecular flexibility index (Phi) is 11.1. The third kappa shape index (κ3) is 10.3. The molecule has 0 aliphatic rings. The Morgan fingerprint density at radius 1 is 0.938 bits per heavy atom. The van der Waals surface area contributed by atoms with Gasteiger partial charge in [0.05, 0.1) is 0 Å². The first-order chi connectivity index (χ1) is 7.68. The molecular weight excluding hydrogens is 224 g/mol. The van der Waals surface area contributed by atoms with E-state index in [9.17, 15) is 9.00 Å². The van der Waals surface area contributed by atoms with Crippen LogP contribution in [0.2, 0.25) is 0 Å². The highest BCUT2D eigenvalue weighted by Gasteiger charge is 2.06. The van der Waals surface area contributed by atoms with Gasteiger partial charge in [-0.1, -0.05) is 58.3 Å². The normalized spacial score (nSPS) is 12.6. The molecule has 0 aliphatic heterocycles. The largest absolute Gasteiger partial charge is 0.300 e. The zero-order chi connectivity index (χ0) is 12.2. The highest BCUT2D eigenvalue weighted by molar-refractivity contribution is 7.95.